The van der Waals surface area contributed by atoms with Crippen molar-refractivity contribution in [1.29, 1.82) is 0 Å². The maximum Gasteiger partial charge on any atom is 0.270 e. The van der Waals surface area contributed by atoms with Crippen molar-refractivity contribution >= 4 is 61.3 Å². The molecule has 0 radical (unpaired) electrons. The monoisotopic (exact) mass is 480 g/mol. The Morgan fingerprint density at radius 2 is 1.70 bits per heavy atom. The summed E-state index contributed by atoms with van der Waals surface area (Å²) in [6, 6.07) is 19.2. The van der Waals surface area contributed by atoms with Gasteiger partial charge >= 0.3 is 0 Å². The van der Waals surface area contributed by atoms with Crippen molar-refractivity contribution < 1.29 is 9.72 Å². The molecule has 0 saturated heterocycles. The molecule has 7 nitrogen and oxygen atoms in total. The van der Waals surface area contributed by atoms with E-state index >= 15 is 0 Å². The van der Waals surface area contributed by atoms with Crippen LogP contribution in [0.15, 0.2) is 66.7 Å². The zero-order valence-electron chi connectivity index (χ0n) is 18.1. The second-order valence-electron chi connectivity index (χ2n) is 7.21. The molecular weight excluding hydrogens is 460 g/mol. The number of benzene rings is 3. The first kappa shape index (κ1) is 22.7. The van der Waals surface area contributed by atoms with E-state index in [1.54, 1.807) is 0 Å². The molecule has 0 atom stereocenters. The van der Waals surface area contributed by atoms with E-state index in [-0.39, 0.29) is 16.3 Å². The van der Waals surface area contributed by atoms with Crippen molar-refractivity contribution in [2.75, 3.05) is 22.9 Å². The number of nitro groups is 1. The summed E-state index contributed by atoms with van der Waals surface area (Å²) in [6.45, 7) is 5.92. The van der Waals surface area contributed by atoms with Crippen LogP contribution in [-0.2, 0) is 0 Å². The highest BCUT2D eigenvalue weighted by Gasteiger charge is 2.26. The number of amides is 1. The van der Waals surface area contributed by atoms with Gasteiger partial charge in [-0.1, -0.05) is 35.1 Å². The van der Waals surface area contributed by atoms with Crippen LogP contribution in [0.1, 0.15) is 24.2 Å². The number of hydrogen-bond donors (Lipinski definition) is 0. The van der Waals surface area contributed by atoms with Crippen LogP contribution >= 0.6 is 22.9 Å². The number of hydrogen-bond acceptors (Lipinski definition) is 6. The third-order valence-electron chi connectivity index (χ3n) is 5.31. The quantitative estimate of drug-likeness (QED) is 0.217. The number of nitro benzene ring substituents is 1. The molecule has 0 unspecified atom stereocenters. The fourth-order valence-corrected chi connectivity index (χ4v) is 4.82. The number of halogens is 1. The van der Waals surface area contributed by atoms with E-state index in [9.17, 15) is 14.9 Å². The maximum atomic E-state index is 13.7. The van der Waals surface area contributed by atoms with Crippen molar-refractivity contribution in [3.8, 4) is 0 Å². The van der Waals surface area contributed by atoms with Gasteiger partial charge in [0.25, 0.3) is 11.6 Å². The first-order valence-corrected chi connectivity index (χ1v) is 11.6. The summed E-state index contributed by atoms with van der Waals surface area (Å²) < 4.78 is 0.944. The van der Waals surface area contributed by atoms with Gasteiger partial charge in [-0.3, -0.25) is 19.8 Å². The molecule has 33 heavy (non-hydrogen) atoms. The second-order valence-corrected chi connectivity index (χ2v) is 8.63. The average molecular weight is 481 g/mol. The van der Waals surface area contributed by atoms with Crippen molar-refractivity contribution in [3.63, 3.8) is 0 Å². The molecule has 9 heteroatoms. The van der Waals surface area contributed by atoms with Crippen LogP contribution in [0.3, 0.4) is 0 Å². The van der Waals surface area contributed by atoms with Gasteiger partial charge in [-0.2, -0.15) is 0 Å². The fraction of sp³-hybridized carbons (Fsp3) is 0.167. The lowest BCUT2D eigenvalue weighted by atomic mass is 10.1. The zero-order chi connectivity index (χ0) is 23.5. The van der Waals surface area contributed by atoms with Crippen molar-refractivity contribution in [1.82, 2.24) is 4.98 Å². The van der Waals surface area contributed by atoms with Crippen LogP contribution in [0.5, 0.6) is 0 Å². The standard InChI is InChI=1S/C24H21ClN4O3S/c1-3-27(4-2)16-9-11-17(12-10-16)28(24-26-21-7-5-6-8-22(21)33-24)23(30)19-14-13-18(29(31)32)15-20(19)25/h5-15H,3-4H2,1-2H3. The molecule has 0 N–H and O–H groups in total. The summed E-state index contributed by atoms with van der Waals surface area (Å²) in [5, 5.41) is 11.6. The third-order valence-corrected chi connectivity index (χ3v) is 6.64. The van der Waals surface area contributed by atoms with E-state index in [4.69, 9.17) is 11.6 Å². The number of non-ortho nitro benzene ring substituents is 1. The Labute approximate surface area is 200 Å². The number of carbonyl (C=O) groups excluding carboxylic acids is 1. The molecule has 1 heterocycles. The number of aromatic nitrogens is 1. The SMILES string of the molecule is CCN(CC)c1ccc(N(C(=O)c2ccc([N+](=O)[O-])cc2Cl)c2nc3ccccc3s2)cc1. The van der Waals surface area contributed by atoms with Gasteiger partial charge in [0, 0.05) is 30.9 Å². The summed E-state index contributed by atoms with van der Waals surface area (Å²) in [7, 11) is 0. The predicted molar refractivity (Wildman–Crippen MR) is 134 cm³/mol. The molecule has 0 aliphatic rings. The number of nitrogens with zero attached hydrogens (tertiary/aromatic N) is 4. The van der Waals surface area contributed by atoms with Gasteiger partial charge in [-0.25, -0.2) is 4.98 Å². The Morgan fingerprint density at radius 3 is 2.30 bits per heavy atom. The van der Waals surface area contributed by atoms with E-state index in [1.807, 2.05) is 48.5 Å². The highest BCUT2D eigenvalue weighted by atomic mass is 35.5. The molecule has 0 fully saturated rings. The van der Waals surface area contributed by atoms with Gasteiger partial charge in [-0.05, 0) is 56.3 Å². The van der Waals surface area contributed by atoms with Gasteiger partial charge in [0.2, 0.25) is 0 Å². The summed E-state index contributed by atoms with van der Waals surface area (Å²) in [5.74, 6) is -0.412. The predicted octanol–water partition coefficient (Wildman–Crippen LogP) is 6.68. The number of thiazole rings is 1. The first-order valence-electron chi connectivity index (χ1n) is 10.4. The van der Waals surface area contributed by atoms with E-state index in [2.05, 4.69) is 23.7 Å². The van der Waals surface area contributed by atoms with Crippen molar-refractivity contribution in [2.45, 2.75) is 13.8 Å². The Morgan fingerprint density at radius 1 is 1.03 bits per heavy atom. The average Bonchev–Trinajstić information content (AvgIpc) is 3.24. The minimum absolute atomic E-state index is 0.0140. The van der Waals surface area contributed by atoms with Crippen LogP contribution in [0.4, 0.5) is 22.2 Å². The molecule has 0 bridgehead atoms. The van der Waals surface area contributed by atoms with Gasteiger partial charge in [0.15, 0.2) is 5.13 Å². The lowest BCUT2D eigenvalue weighted by Gasteiger charge is -2.24. The van der Waals surface area contributed by atoms with Gasteiger partial charge in [-0.15, -0.1) is 0 Å². The van der Waals surface area contributed by atoms with Crippen LogP contribution < -0.4 is 9.80 Å². The summed E-state index contributed by atoms with van der Waals surface area (Å²) >= 11 is 7.68. The van der Waals surface area contributed by atoms with Crippen LogP contribution in [0.2, 0.25) is 5.02 Å². The Balaban J connectivity index is 1.81. The zero-order valence-corrected chi connectivity index (χ0v) is 19.6. The Hall–Kier alpha value is -3.49. The molecule has 0 aliphatic carbocycles. The lowest BCUT2D eigenvalue weighted by Crippen LogP contribution is -2.26. The number of carbonyl (C=O) groups is 1. The van der Waals surface area contributed by atoms with E-state index in [1.165, 1.54) is 34.4 Å². The minimum atomic E-state index is -0.544. The van der Waals surface area contributed by atoms with Crippen LogP contribution in [0, 0.1) is 10.1 Å². The van der Waals surface area contributed by atoms with Crippen molar-refractivity contribution in [3.05, 3.63) is 87.4 Å². The molecule has 168 valence electrons. The number of rotatable bonds is 7. The van der Waals surface area contributed by atoms with Crippen molar-refractivity contribution in [2.24, 2.45) is 0 Å². The molecule has 0 spiro atoms. The molecule has 0 saturated carbocycles. The summed E-state index contributed by atoms with van der Waals surface area (Å²) in [6.07, 6.45) is 0. The topological polar surface area (TPSA) is 79.6 Å². The Kier molecular flexibility index (Phi) is 6.57. The molecule has 4 aromatic rings. The normalized spacial score (nSPS) is 10.9. The highest BCUT2D eigenvalue weighted by molar-refractivity contribution is 7.22. The molecule has 4 rings (SSSR count). The molecule has 1 amide bonds. The van der Waals surface area contributed by atoms with E-state index in [0.717, 1.165) is 29.0 Å². The molecule has 3 aromatic carbocycles. The third kappa shape index (κ3) is 4.53. The lowest BCUT2D eigenvalue weighted by molar-refractivity contribution is -0.384. The number of fused-ring (bicyclic) bond motifs is 1. The number of para-hydroxylation sites is 1. The highest BCUT2D eigenvalue weighted by Crippen LogP contribution is 2.36. The molecule has 1 aromatic heterocycles. The summed E-state index contributed by atoms with van der Waals surface area (Å²) in [5.41, 5.74) is 2.45. The van der Waals surface area contributed by atoms with E-state index in [0.29, 0.717) is 10.8 Å². The smallest absolute Gasteiger partial charge is 0.270 e. The fourth-order valence-electron chi connectivity index (χ4n) is 3.58. The largest absolute Gasteiger partial charge is 0.372 e. The van der Waals surface area contributed by atoms with Gasteiger partial charge < -0.3 is 4.90 Å². The van der Waals surface area contributed by atoms with Crippen LogP contribution in [-0.4, -0.2) is 28.9 Å². The minimum Gasteiger partial charge on any atom is -0.372 e. The molecule has 0 aliphatic heterocycles. The first-order chi connectivity index (χ1) is 15.9. The maximum absolute atomic E-state index is 13.7. The van der Waals surface area contributed by atoms with E-state index < -0.39 is 10.8 Å². The second kappa shape index (κ2) is 9.56. The molecular formula is C24H21ClN4O3S. The van der Waals surface area contributed by atoms with Gasteiger partial charge in [0.1, 0.15) is 0 Å². The van der Waals surface area contributed by atoms with Crippen LogP contribution in [0.25, 0.3) is 10.2 Å². The van der Waals surface area contributed by atoms with Gasteiger partial charge in [0.05, 0.1) is 31.4 Å². The number of anilines is 3. The summed E-state index contributed by atoms with van der Waals surface area (Å²) in [4.78, 5) is 32.6. The Bertz CT molecular complexity index is 1290.